The number of hydrogen-bond donors (Lipinski definition) is 1. The Kier molecular flexibility index (Phi) is 8.62. The van der Waals surface area contributed by atoms with Crippen LogP contribution in [-0.2, 0) is 6.42 Å². The first kappa shape index (κ1) is 24.2. The molecule has 0 bridgehead atoms. The van der Waals surface area contributed by atoms with Crippen molar-refractivity contribution in [1.29, 1.82) is 0 Å². The highest BCUT2D eigenvalue weighted by Crippen LogP contribution is 2.38. The lowest BCUT2D eigenvalue weighted by Crippen LogP contribution is -2.47. The molecule has 0 aliphatic carbocycles. The number of ether oxygens (including phenoxy) is 3. The van der Waals surface area contributed by atoms with Gasteiger partial charge >= 0.3 is 0 Å². The maximum atomic E-state index is 6.27. The zero-order valence-corrected chi connectivity index (χ0v) is 20.8. The zero-order valence-electron chi connectivity index (χ0n) is 19.9. The number of nitrogens with zero attached hydrogens (tertiary/aromatic N) is 1. The molecule has 0 aromatic heterocycles. The van der Waals surface area contributed by atoms with Crippen LogP contribution in [0.15, 0.2) is 36.4 Å². The van der Waals surface area contributed by atoms with Gasteiger partial charge in [0, 0.05) is 13.1 Å². The molecular weight excluding hydrogens is 420 g/mol. The van der Waals surface area contributed by atoms with Gasteiger partial charge in [-0.3, -0.25) is 0 Å². The van der Waals surface area contributed by atoms with Gasteiger partial charge in [-0.2, -0.15) is 0 Å². The first-order chi connectivity index (χ1) is 15.5. The summed E-state index contributed by atoms with van der Waals surface area (Å²) < 4.78 is 17.4. The van der Waals surface area contributed by atoms with Crippen LogP contribution in [0.2, 0.25) is 0 Å². The van der Waals surface area contributed by atoms with Gasteiger partial charge in [0.15, 0.2) is 16.6 Å². The number of methoxy groups -OCH3 is 2. The van der Waals surface area contributed by atoms with Crippen LogP contribution < -0.4 is 19.5 Å². The molecule has 5 nitrogen and oxygen atoms in total. The zero-order chi connectivity index (χ0) is 23.1. The van der Waals surface area contributed by atoms with Gasteiger partial charge in [0.05, 0.1) is 20.3 Å². The maximum absolute atomic E-state index is 6.27. The highest BCUT2D eigenvalue weighted by atomic mass is 32.1. The van der Waals surface area contributed by atoms with Gasteiger partial charge in [-0.25, -0.2) is 0 Å². The monoisotopic (exact) mass is 456 g/mol. The van der Waals surface area contributed by atoms with Crippen LogP contribution in [0.4, 0.5) is 0 Å². The van der Waals surface area contributed by atoms with E-state index in [-0.39, 0.29) is 6.04 Å². The molecule has 3 rings (SSSR count). The minimum atomic E-state index is -0.00930. The Morgan fingerprint density at radius 2 is 1.81 bits per heavy atom. The third-order valence-corrected chi connectivity index (χ3v) is 6.40. The predicted molar refractivity (Wildman–Crippen MR) is 134 cm³/mol. The fraction of sp³-hybridized carbons (Fsp3) is 0.500. The number of unbranched alkanes of at least 4 members (excludes halogenated alkanes) is 1. The molecular formula is C26H36N2O3S. The van der Waals surface area contributed by atoms with E-state index in [1.165, 1.54) is 16.7 Å². The minimum Gasteiger partial charge on any atom is -0.493 e. The van der Waals surface area contributed by atoms with Gasteiger partial charge in [-0.1, -0.05) is 39.3 Å². The molecule has 0 saturated carbocycles. The summed E-state index contributed by atoms with van der Waals surface area (Å²) in [4.78, 5) is 2.25. The highest BCUT2D eigenvalue weighted by molar-refractivity contribution is 7.80. The SMILES string of the molecule is CCCCNC(=S)N1CCc2cc(OC)c(OC)cc2[C@@H]1COc1ccc(C(C)C)cc1. The van der Waals surface area contributed by atoms with Crippen molar-refractivity contribution in [2.75, 3.05) is 33.9 Å². The first-order valence-corrected chi connectivity index (χ1v) is 11.9. The summed E-state index contributed by atoms with van der Waals surface area (Å²) in [6, 6.07) is 12.5. The standard InChI is InChI=1S/C26H36N2O3S/c1-6-7-13-27-26(32)28-14-12-20-15-24(29-4)25(30-5)16-22(20)23(28)17-31-21-10-8-19(9-11-21)18(2)3/h8-11,15-16,18,23H,6-7,12-14,17H2,1-5H3,(H,27,32)/t23-/m0/s1. The van der Waals surface area contributed by atoms with Crippen molar-refractivity contribution in [3.05, 3.63) is 53.1 Å². The quantitative estimate of drug-likeness (QED) is 0.398. The second kappa shape index (κ2) is 11.4. The largest absolute Gasteiger partial charge is 0.493 e. The molecule has 1 N–H and O–H groups in total. The van der Waals surface area contributed by atoms with E-state index in [1.807, 2.05) is 0 Å². The van der Waals surface area contributed by atoms with Crippen LogP contribution in [0.3, 0.4) is 0 Å². The van der Waals surface area contributed by atoms with Gasteiger partial charge in [-0.05, 0) is 71.9 Å². The van der Waals surface area contributed by atoms with Crippen molar-refractivity contribution in [2.45, 2.75) is 52.0 Å². The Morgan fingerprint density at radius 1 is 1.12 bits per heavy atom. The Bertz CT molecular complexity index is 899. The topological polar surface area (TPSA) is 43.0 Å². The number of thiocarbonyl (C=S) groups is 1. The Labute approximate surface area is 198 Å². The molecule has 1 heterocycles. The molecule has 1 atom stereocenters. The average molecular weight is 457 g/mol. The summed E-state index contributed by atoms with van der Waals surface area (Å²) in [6.45, 7) is 8.79. The molecule has 6 heteroatoms. The first-order valence-electron chi connectivity index (χ1n) is 11.5. The summed E-state index contributed by atoms with van der Waals surface area (Å²) >= 11 is 5.78. The van der Waals surface area contributed by atoms with Gasteiger partial charge < -0.3 is 24.4 Å². The minimum absolute atomic E-state index is 0.00930. The number of fused-ring (bicyclic) bond motifs is 1. The summed E-state index contributed by atoms with van der Waals surface area (Å²) in [5.74, 6) is 2.85. The number of rotatable bonds is 9. The third-order valence-electron chi connectivity index (χ3n) is 6.02. The van der Waals surface area contributed by atoms with E-state index in [0.29, 0.717) is 12.5 Å². The summed E-state index contributed by atoms with van der Waals surface area (Å²) in [5.41, 5.74) is 3.73. The van der Waals surface area contributed by atoms with Crippen LogP contribution >= 0.6 is 12.2 Å². The fourth-order valence-corrected chi connectivity index (χ4v) is 4.37. The van der Waals surface area contributed by atoms with Gasteiger partial charge in [-0.15, -0.1) is 0 Å². The van der Waals surface area contributed by atoms with E-state index in [0.717, 1.165) is 54.7 Å². The van der Waals surface area contributed by atoms with E-state index in [9.17, 15) is 0 Å². The molecule has 2 aromatic carbocycles. The van der Waals surface area contributed by atoms with Crippen molar-refractivity contribution in [3.8, 4) is 17.2 Å². The van der Waals surface area contributed by atoms with Crippen molar-refractivity contribution >= 4 is 17.3 Å². The Balaban J connectivity index is 1.86. The molecule has 0 spiro atoms. The average Bonchev–Trinajstić information content (AvgIpc) is 2.81. The molecule has 0 unspecified atom stereocenters. The van der Waals surface area contributed by atoms with Crippen LogP contribution in [0.1, 0.15) is 62.3 Å². The van der Waals surface area contributed by atoms with Crippen molar-refractivity contribution < 1.29 is 14.2 Å². The molecule has 0 fully saturated rings. The van der Waals surface area contributed by atoms with Crippen molar-refractivity contribution in [2.24, 2.45) is 0 Å². The lowest BCUT2D eigenvalue weighted by molar-refractivity contribution is 0.187. The molecule has 0 amide bonds. The molecule has 0 radical (unpaired) electrons. The van der Waals surface area contributed by atoms with E-state index in [2.05, 4.69) is 67.4 Å². The van der Waals surface area contributed by atoms with Crippen LogP contribution in [-0.4, -0.2) is 43.9 Å². The summed E-state index contributed by atoms with van der Waals surface area (Å²) in [7, 11) is 3.34. The van der Waals surface area contributed by atoms with Crippen LogP contribution in [0, 0.1) is 0 Å². The number of nitrogens with one attached hydrogen (secondary N) is 1. The molecule has 0 saturated heterocycles. The van der Waals surface area contributed by atoms with Gasteiger partial charge in [0.2, 0.25) is 0 Å². The molecule has 2 aromatic rings. The molecule has 32 heavy (non-hydrogen) atoms. The van der Waals surface area contributed by atoms with Gasteiger partial charge in [0.25, 0.3) is 0 Å². The lowest BCUT2D eigenvalue weighted by atomic mass is 9.92. The number of benzene rings is 2. The third kappa shape index (κ3) is 5.66. The van der Waals surface area contributed by atoms with Crippen molar-refractivity contribution in [1.82, 2.24) is 10.2 Å². The van der Waals surface area contributed by atoms with Crippen LogP contribution in [0.25, 0.3) is 0 Å². The maximum Gasteiger partial charge on any atom is 0.169 e. The van der Waals surface area contributed by atoms with E-state index in [4.69, 9.17) is 26.4 Å². The highest BCUT2D eigenvalue weighted by Gasteiger charge is 2.31. The summed E-state index contributed by atoms with van der Waals surface area (Å²) in [6.07, 6.45) is 3.12. The number of hydrogen-bond acceptors (Lipinski definition) is 4. The summed E-state index contributed by atoms with van der Waals surface area (Å²) in [5, 5.41) is 4.21. The molecule has 174 valence electrons. The second-order valence-corrected chi connectivity index (χ2v) is 8.87. The van der Waals surface area contributed by atoms with E-state index in [1.54, 1.807) is 14.2 Å². The molecule has 1 aliphatic heterocycles. The molecule has 1 aliphatic rings. The Hall–Kier alpha value is -2.47. The van der Waals surface area contributed by atoms with Crippen molar-refractivity contribution in [3.63, 3.8) is 0 Å². The Morgan fingerprint density at radius 3 is 2.44 bits per heavy atom. The fourth-order valence-electron chi connectivity index (χ4n) is 4.05. The van der Waals surface area contributed by atoms with E-state index >= 15 is 0 Å². The second-order valence-electron chi connectivity index (χ2n) is 8.49. The normalized spacial score (nSPS) is 15.3. The van der Waals surface area contributed by atoms with E-state index < -0.39 is 0 Å². The van der Waals surface area contributed by atoms with Gasteiger partial charge in [0.1, 0.15) is 12.4 Å². The smallest absolute Gasteiger partial charge is 0.169 e. The lowest BCUT2D eigenvalue weighted by Gasteiger charge is -2.39. The predicted octanol–water partition coefficient (Wildman–Crippen LogP) is 5.48. The van der Waals surface area contributed by atoms with Crippen LogP contribution in [0.5, 0.6) is 17.2 Å².